The highest BCUT2D eigenvalue weighted by Crippen LogP contribution is 2.27. The Balaban J connectivity index is 2.23. The second-order valence-corrected chi connectivity index (χ2v) is 6.00. The molecule has 0 aliphatic heterocycles. The Morgan fingerprint density at radius 2 is 1.94 bits per heavy atom. The molecule has 1 amide bonds. The van der Waals surface area contributed by atoms with Crippen molar-refractivity contribution in [2.45, 2.75) is 71.4 Å². The fourth-order valence-corrected chi connectivity index (χ4v) is 2.39. The molecule has 1 fully saturated rings. The van der Waals surface area contributed by atoms with Crippen LogP contribution in [0.15, 0.2) is 0 Å². The molecule has 0 radical (unpaired) electrons. The van der Waals surface area contributed by atoms with E-state index in [1.165, 1.54) is 25.7 Å². The van der Waals surface area contributed by atoms with Crippen LogP contribution in [0.3, 0.4) is 0 Å². The minimum absolute atomic E-state index is 0.0879. The molecule has 1 aliphatic carbocycles. The van der Waals surface area contributed by atoms with Crippen LogP contribution in [0, 0.1) is 5.92 Å². The van der Waals surface area contributed by atoms with Crippen LogP contribution < -0.4 is 10.6 Å². The second kappa shape index (κ2) is 6.39. The lowest BCUT2D eigenvalue weighted by Crippen LogP contribution is -2.48. The molecule has 1 aliphatic rings. The van der Waals surface area contributed by atoms with Gasteiger partial charge in [0.15, 0.2) is 0 Å². The molecule has 0 aromatic rings. The van der Waals surface area contributed by atoms with Gasteiger partial charge in [-0.3, -0.25) is 4.79 Å². The Kier molecular flexibility index (Phi) is 5.44. The van der Waals surface area contributed by atoms with Crippen LogP contribution in [0.1, 0.15) is 59.8 Å². The summed E-state index contributed by atoms with van der Waals surface area (Å²) >= 11 is 0. The van der Waals surface area contributed by atoms with E-state index in [9.17, 15) is 4.79 Å². The zero-order chi connectivity index (χ0) is 12.9. The van der Waals surface area contributed by atoms with Crippen LogP contribution in [0.5, 0.6) is 0 Å². The number of carbonyl (C=O) groups excluding carboxylic acids is 1. The Hall–Kier alpha value is -0.570. The topological polar surface area (TPSA) is 41.1 Å². The van der Waals surface area contributed by atoms with E-state index in [1.54, 1.807) is 0 Å². The number of rotatable bonds is 6. The summed E-state index contributed by atoms with van der Waals surface area (Å²) in [7, 11) is 0. The molecule has 0 aromatic carbocycles. The van der Waals surface area contributed by atoms with Crippen LogP contribution in [-0.4, -0.2) is 24.0 Å². The van der Waals surface area contributed by atoms with Gasteiger partial charge in [0, 0.05) is 11.6 Å². The predicted molar refractivity (Wildman–Crippen MR) is 71.9 cm³/mol. The summed E-state index contributed by atoms with van der Waals surface area (Å²) in [6.07, 6.45) is 6.29. The molecule has 0 spiro atoms. The summed E-state index contributed by atoms with van der Waals surface area (Å²) in [5.41, 5.74) is -0.0879. The fourth-order valence-electron chi connectivity index (χ4n) is 2.39. The van der Waals surface area contributed by atoms with Crippen molar-refractivity contribution < 1.29 is 4.79 Å². The Labute approximate surface area is 106 Å². The maximum absolute atomic E-state index is 11.8. The van der Waals surface area contributed by atoms with E-state index in [-0.39, 0.29) is 11.4 Å². The SMILES string of the molecule is CCC(C)(C)NC(=O)CNC(C)C1CCCC1. The maximum atomic E-state index is 11.8. The van der Waals surface area contributed by atoms with Crippen LogP contribution >= 0.6 is 0 Å². The molecule has 1 unspecified atom stereocenters. The largest absolute Gasteiger partial charge is 0.350 e. The third-order valence-electron chi connectivity index (χ3n) is 4.05. The van der Waals surface area contributed by atoms with E-state index in [2.05, 4.69) is 38.3 Å². The van der Waals surface area contributed by atoms with Crippen molar-refractivity contribution in [3.05, 3.63) is 0 Å². The van der Waals surface area contributed by atoms with Gasteiger partial charge in [-0.15, -0.1) is 0 Å². The third kappa shape index (κ3) is 5.07. The number of amides is 1. The average Bonchev–Trinajstić information content (AvgIpc) is 2.78. The second-order valence-electron chi connectivity index (χ2n) is 6.00. The predicted octanol–water partition coefficient (Wildman–Crippen LogP) is 2.46. The number of hydrogen-bond acceptors (Lipinski definition) is 2. The molecule has 100 valence electrons. The van der Waals surface area contributed by atoms with Crippen molar-refractivity contribution in [1.29, 1.82) is 0 Å². The van der Waals surface area contributed by atoms with Crippen molar-refractivity contribution in [1.82, 2.24) is 10.6 Å². The first-order valence-corrected chi connectivity index (χ1v) is 6.99. The van der Waals surface area contributed by atoms with Gasteiger partial charge in [-0.05, 0) is 46.0 Å². The molecule has 17 heavy (non-hydrogen) atoms. The van der Waals surface area contributed by atoms with Crippen LogP contribution in [-0.2, 0) is 4.79 Å². The van der Waals surface area contributed by atoms with Crippen molar-refractivity contribution >= 4 is 5.91 Å². The summed E-state index contributed by atoms with van der Waals surface area (Å²) in [5, 5.41) is 6.41. The van der Waals surface area contributed by atoms with E-state index in [0.717, 1.165) is 12.3 Å². The van der Waals surface area contributed by atoms with E-state index >= 15 is 0 Å². The van der Waals surface area contributed by atoms with Crippen LogP contribution in [0.4, 0.5) is 0 Å². The smallest absolute Gasteiger partial charge is 0.234 e. The van der Waals surface area contributed by atoms with Gasteiger partial charge in [0.2, 0.25) is 5.91 Å². The lowest BCUT2D eigenvalue weighted by atomic mass is 9.99. The lowest BCUT2D eigenvalue weighted by molar-refractivity contribution is -0.122. The molecule has 0 heterocycles. The summed E-state index contributed by atoms with van der Waals surface area (Å²) in [6.45, 7) is 8.86. The van der Waals surface area contributed by atoms with E-state index in [1.807, 2.05) is 0 Å². The molecular formula is C14H28N2O. The number of carbonyl (C=O) groups is 1. The first-order chi connectivity index (χ1) is 7.94. The van der Waals surface area contributed by atoms with Gasteiger partial charge in [-0.25, -0.2) is 0 Å². The molecule has 3 nitrogen and oxygen atoms in total. The lowest BCUT2D eigenvalue weighted by Gasteiger charge is -2.26. The molecule has 1 rings (SSSR count). The van der Waals surface area contributed by atoms with E-state index in [4.69, 9.17) is 0 Å². The first kappa shape index (κ1) is 14.5. The summed E-state index contributed by atoms with van der Waals surface area (Å²) < 4.78 is 0. The summed E-state index contributed by atoms with van der Waals surface area (Å²) in [4.78, 5) is 11.8. The van der Waals surface area contributed by atoms with Crippen LogP contribution in [0.25, 0.3) is 0 Å². The number of nitrogens with one attached hydrogen (secondary N) is 2. The molecule has 1 atom stereocenters. The van der Waals surface area contributed by atoms with E-state index < -0.39 is 0 Å². The molecule has 0 bridgehead atoms. The molecule has 0 saturated heterocycles. The van der Waals surface area contributed by atoms with Gasteiger partial charge < -0.3 is 10.6 Å². The Bertz CT molecular complexity index is 245. The fraction of sp³-hybridized carbons (Fsp3) is 0.929. The highest BCUT2D eigenvalue weighted by molar-refractivity contribution is 5.78. The summed E-state index contributed by atoms with van der Waals surface area (Å²) in [5.74, 6) is 0.878. The van der Waals surface area contributed by atoms with Gasteiger partial charge >= 0.3 is 0 Å². The zero-order valence-corrected chi connectivity index (χ0v) is 11.8. The zero-order valence-electron chi connectivity index (χ0n) is 11.8. The normalized spacial score (nSPS) is 19.3. The van der Waals surface area contributed by atoms with Gasteiger partial charge in [0.1, 0.15) is 0 Å². The molecular weight excluding hydrogens is 212 g/mol. The van der Waals surface area contributed by atoms with Crippen molar-refractivity contribution in [2.24, 2.45) is 5.92 Å². The maximum Gasteiger partial charge on any atom is 0.234 e. The highest BCUT2D eigenvalue weighted by Gasteiger charge is 2.22. The quantitative estimate of drug-likeness (QED) is 0.749. The molecule has 2 N–H and O–H groups in total. The minimum Gasteiger partial charge on any atom is -0.350 e. The molecule has 3 heteroatoms. The Morgan fingerprint density at radius 1 is 1.35 bits per heavy atom. The molecule has 0 aromatic heterocycles. The van der Waals surface area contributed by atoms with Crippen molar-refractivity contribution in [3.63, 3.8) is 0 Å². The monoisotopic (exact) mass is 240 g/mol. The molecule has 1 saturated carbocycles. The van der Waals surface area contributed by atoms with Crippen molar-refractivity contribution in [3.8, 4) is 0 Å². The van der Waals surface area contributed by atoms with Crippen molar-refractivity contribution in [2.75, 3.05) is 6.54 Å². The Morgan fingerprint density at radius 3 is 2.47 bits per heavy atom. The minimum atomic E-state index is -0.0879. The van der Waals surface area contributed by atoms with E-state index in [0.29, 0.717) is 12.6 Å². The third-order valence-corrected chi connectivity index (χ3v) is 4.05. The standard InChI is InChI=1S/C14H28N2O/c1-5-14(3,4)16-13(17)10-15-11(2)12-8-6-7-9-12/h11-12,15H,5-10H2,1-4H3,(H,16,17). The summed E-state index contributed by atoms with van der Waals surface area (Å²) in [6, 6.07) is 0.466. The van der Waals surface area contributed by atoms with Gasteiger partial charge in [0.05, 0.1) is 6.54 Å². The number of hydrogen-bond donors (Lipinski definition) is 2. The van der Waals surface area contributed by atoms with Crippen LogP contribution in [0.2, 0.25) is 0 Å². The average molecular weight is 240 g/mol. The van der Waals surface area contributed by atoms with Gasteiger partial charge in [-0.2, -0.15) is 0 Å². The highest BCUT2D eigenvalue weighted by atomic mass is 16.2. The first-order valence-electron chi connectivity index (χ1n) is 6.99. The van der Waals surface area contributed by atoms with Gasteiger partial charge in [0.25, 0.3) is 0 Å². The van der Waals surface area contributed by atoms with Gasteiger partial charge in [-0.1, -0.05) is 19.8 Å².